The molecule has 1 unspecified atom stereocenters. The van der Waals surface area contributed by atoms with Crippen LogP contribution in [0.25, 0.3) is 0 Å². The molecule has 2 fully saturated rings. The molecule has 2 aliphatic heterocycles. The highest BCUT2D eigenvalue weighted by Crippen LogP contribution is 2.19. The Hall–Kier alpha value is -1.59. The van der Waals surface area contributed by atoms with Gasteiger partial charge in [-0.15, -0.1) is 0 Å². The van der Waals surface area contributed by atoms with Crippen molar-refractivity contribution in [3.8, 4) is 5.75 Å². The number of piperazine rings is 1. The summed E-state index contributed by atoms with van der Waals surface area (Å²) in [6.07, 6.45) is 0.131. The fraction of sp³-hybridized carbons (Fsp3) is 0.588. The third kappa shape index (κ3) is 3.42. The van der Waals surface area contributed by atoms with Crippen LogP contribution in [0.4, 0.5) is 0 Å². The standard InChI is InChI=1S/C17H25N3O2/c1-14(19-10-8-18(2)9-11-19)17(21)20-12-16(13-20)22-15-6-4-3-5-7-15/h3-7,14,16H,8-13H2,1-2H3. The number of likely N-dealkylation sites (N-methyl/N-ethyl adjacent to an activating group) is 1. The maximum Gasteiger partial charge on any atom is 0.239 e. The van der Waals surface area contributed by atoms with Crippen molar-refractivity contribution in [2.24, 2.45) is 0 Å². The first-order valence-electron chi connectivity index (χ1n) is 8.06. The molecule has 1 aromatic rings. The molecule has 1 atom stereocenters. The van der Waals surface area contributed by atoms with Crippen LogP contribution < -0.4 is 4.74 Å². The minimum Gasteiger partial charge on any atom is -0.487 e. The fourth-order valence-corrected chi connectivity index (χ4v) is 3.01. The topological polar surface area (TPSA) is 36.0 Å². The van der Waals surface area contributed by atoms with Gasteiger partial charge in [-0.2, -0.15) is 0 Å². The highest BCUT2D eigenvalue weighted by Gasteiger charge is 2.36. The molecule has 0 spiro atoms. The smallest absolute Gasteiger partial charge is 0.239 e. The number of amides is 1. The number of nitrogens with zero attached hydrogens (tertiary/aromatic N) is 3. The molecule has 2 heterocycles. The minimum atomic E-state index is -0.0219. The summed E-state index contributed by atoms with van der Waals surface area (Å²) in [6, 6.07) is 9.79. The summed E-state index contributed by atoms with van der Waals surface area (Å²) >= 11 is 0. The van der Waals surface area contributed by atoms with Gasteiger partial charge in [-0.1, -0.05) is 18.2 Å². The summed E-state index contributed by atoms with van der Waals surface area (Å²) in [5.41, 5.74) is 0. The van der Waals surface area contributed by atoms with Crippen molar-refractivity contribution in [2.45, 2.75) is 19.1 Å². The van der Waals surface area contributed by atoms with Crippen LogP contribution in [0, 0.1) is 0 Å². The number of para-hydroxylation sites is 1. The largest absolute Gasteiger partial charge is 0.487 e. The van der Waals surface area contributed by atoms with Gasteiger partial charge in [-0.25, -0.2) is 0 Å². The van der Waals surface area contributed by atoms with Gasteiger partial charge in [0, 0.05) is 26.2 Å². The predicted octanol–water partition coefficient (Wildman–Crippen LogP) is 0.912. The number of hydrogen-bond donors (Lipinski definition) is 0. The van der Waals surface area contributed by atoms with E-state index in [1.54, 1.807) is 0 Å². The number of ether oxygens (including phenoxy) is 1. The number of carbonyl (C=O) groups is 1. The van der Waals surface area contributed by atoms with Crippen molar-refractivity contribution in [2.75, 3.05) is 46.3 Å². The zero-order chi connectivity index (χ0) is 15.5. The van der Waals surface area contributed by atoms with Crippen molar-refractivity contribution < 1.29 is 9.53 Å². The number of hydrogen-bond acceptors (Lipinski definition) is 4. The molecular formula is C17H25N3O2. The van der Waals surface area contributed by atoms with Crippen LogP contribution in [0.3, 0.4) is 0 Å². The molecule has 0 saturated carbocycles. The number of benzene rings is 1. The van der Waals surface area contributed by atoms with E-state index in [0.29, 0.717) is 13.1 Å². The summed E-state index contributed by atoms with van der Waals surface area (Å²) < 4.78 is 5.86. The Balaban J connectivity index is 1.45. The average Bonchev–Trinajstić information content (AvgIpc) is 2.51. The van der Waals surface area contributed by atoms with E-state index in [0.717, 1.165) is 31.9 Å². The molecule has 1 aromatic carbocycles. The maximum absolute atomic E-state index is 12.5. The van der Waals surface area contributed by atoms with Gasteiger partial charge < -0.3 is 14.5 Å². The number of rotatable bonds is 4. The summed E-state index contributed by atoms with van der Waals surface area (Å²) in [5, 5.41) is 0. The predicted molar refractivity (Wildman–Crippen MR) is 86.0 cm³/mol. The van der Waals surface area contributed by atoms with Crippen LogP contribution in [-0.2, 0) is 4.79 Å². The Morgan fingerprint density at radius 1 is 1.14 bits per heavy atom. The number of carbonyl (C=O) groups excluding carboxylic acids is 1. The molecule has 1 amide bonds. The molecule has 0 N–H and O–H groups in total. The second-order valence-electron chi connectivity index (χ2n) is 6.31. The minimum absolute atomic E-state index is 0.0219. The zero-order valence-corrected chi connectivity index (χ0v) is 13.4. The lowest BCUT2D eigenvalue weighted by molar-refractivity contribution is -0.146. The van der Waals surface area contributed by atoms with Crippen LogP contribution in [0.15, 0.2) is 30.3 Å². The second-order valence-corrected chi connectivity index (χ2v) is 6.31. The van der Waals surface area contributed by atoms with Gasteiger partial charge in [0.15, 0.2) is 0 Å². The van der Waals surface area contributed by atoms with Crippen molar-refractivity contribution in [1.29, 1.82) is 0 Å². The number of likely N-dealkylation sites (tertiary alicyclic amines) is 1. The fourth-order valence-electron chi connectivity index (χ4n) is 3.01. The normalized spacial score (nSPS) is 22.2. The van der Waals surface area contributed by atoms with Crippen LogP contribution in [0.1, 0.15) is 6.92 Å². The molecule has 2 saturated heterocycles. The van der Waals surface area contributed by atoms with Crippen molar-refractivity contribution in [1.82, 2.24) is 14.7 Å². The first kappa shape index (κ1) is 15.3. The summed E-state index contributed by atoms with van der Waals surface area (Å²) in [6.45, 7) is 7.45. The second kappa shape index (κ2) is 6.67. The molecule has 2 aliphatic rings. The van der Waals surface area contributed by atoms with Gasteiger partial charge in [0.05, 0.1) is 19.1 Å². The Morgan fingerprint density at radius 2 is 1.77 bits per heavy atom. The lowest BCUT2D eigenvalue weighted by atomic mass is 10.1. The summed E-state index contributed by atoms with van der Waals surface area (Å²) in [5.74, 6) is 1.11. The first-order valence-corrected chi connectivity index (χ1v) is 8.06. The molecule has 22 heavy (non-hydrogen) atoms. The summed E-state index contributed by atoms with van der Waals surface area (Å²) in [4.78, 5) is 19.0. The van der Waals surface area contributed by atoms with E-state index in [4.69, 9.17) is 4.74 Å². The van der Waals surface area contributed by atoms with Gasteiger partial charge in [0.25, 0.3) is 0 Å². The molecule has 5 heteroatoms. The van der Waals surface area contributed by atoms with E-state index < -0.39 is 0 Å². The van der Waals surface area contributed by atoms with Gasteiger partial charge in [0.2, 0.25) is 5.91 Å². The quantitative estimate of drug-likeness (QED) is 0.828. The highest BCUT2D eigenvalue weighted by molar-refractivity contribution is 5.82. The lowest BCUT2D eigenvalue weighted by Crippen LogP contribution is -2.61. The molecule has 0 aliphatic carbocycles. The van der Waals surface area contributed by atoms with Gasteiger partial charge in [0.1, 0.15) is 11.9 Å². The Morgan fingerprint density at radius 3 is 2.41 bits per heavy atom. The Labute approximate surface area is 132 Å². The zero-order valence-electron chi connectivity index (χ0n) is 13.4. The van der Waals surface area contributed by atoms with E-state index in [1.807, 2.05) is 42.2 Å². The van der Waals surface area contributed by atoms with E-state index in [9.17, 15) is 4.79 Å². The van der Waals surface area contributed by atoms with E-state index in [1.165, 1.54) is 0 Å². The van der Waals surface area contributed by atoms with Gasteiger partial charge in [-0.05, 0) is 26.1 Å². The molecule has 0 bridgehead atoms. The monoisotopic (exact) mass is 303 g/mol. The molecule has 3 rings (SSSR count). The average molecular weight is 303 g/mol. The van der Waals surface area contributed by atoms with Gasteiger partial charge >= 0.3 is 0 Å². The molecule has 0 aromatic heterocycles. The molecular weight excluding hydrogens is 278 g/mol. The highest BCUT2D eigenvalue weighted by atomic mass is 16.5. The van der Waals surface area contributed by atoms with Gasteiger partial charge in [-0.3, -0.25) is 9.69 Å². The molecule has 0 radical (unpaired) electrons. The molecule has 120 valence electrons. The van der Waals surface area contributed by atoms with E-state index >= 15 is 0 Å². The van der Waals surface area contributed by atoms with Crippen LogP contribution >= 0.6 is 0 Å². The van der Waals surface area contributed by atoms with Crippen LogP contribution in [-0.4, -0.2) is 79.1 Å². The van der Waals surface area contributed by atoms with Crippen molar-refractivity contribution in [3.05, 3.63) is 30.3 Å². The van der Waals surface area contributed by atoms with Crippen LogP contribution in [0.5, 0.6) is 5.75 Å². The van der Waals surface area contributed by atoms with Crippen molar-refractivity contribution in [3.63, 3.8) is 0 Å². The third-order valence-corrected chi connectivity index (χ3v) is 4.65. The third-order valence-electron chi connectivity index (χ3n) is 4.65. The van der Waals surface area contributed by atoms with E-state index in [-0.39, 0.29) is 18.1 Å². The van der Waals surface area contributed by atoms with Crippen molar-refractivity contribution >= 4 is 5.91 Å². The summed E-state index contributed by atoms with van der Waals surface area (Å²) in [7, 11) is 2.13. The Kier molecular flexibility index (Phi) is 4.64. The van der Waals surface area contributed by atoms with E-state index in [2.05, 4.69) is 16.8 Å². The lowest BCUT2D eigenvalue weighted by Gasteiger charge is -2.43. The molecule has 5 nitrogen and oxygen atoms in total. The van der Waals surface area contributed by atoms with Crippen LogP contribution in [0.2, 0.25) is 0 Å². The Bertz CT molecular complexity index is 494. The SMILES string of the molecule is CC(C(=O)N1CC(Oc2ccccc2)C1)N1CCN(C)CC1. The maximum atomic E-state index is 12.5. The first-order chi connectivity index (χ1) is 10.6.